The Hall–Kier alpha value is -3.12. The molecule has 0 spiro atoms. The molecule has 1 aromatic carbocycles. The maximum atomic E-state index is 12.7. The number of rotatable bonds is 2. The van der Waals surface area contributed by atoms with Crippen LogP contribution in [0.15, 0.2) is 50.0 Å². The first-order chi connectivity index (χ1) is 14.0. The van der Waals surface area contributed by atoms with Crippen LogP contribution >= 0.6 is 0 Å². The summed E-state index contributed by atoms with van der Waals surface area (Å²) in [6.45, 7) is 8.83. The zero-order chi connectivity index (χ0) is 20.1. The van der Waals surface area contributed by atoms with E-state index in [1.807, 2.05) is 44.2 Å². The third-order valence-corrected chi connectivity index (χ3v) is 5.52. The van der Waals surface area contributed by atoms with Crippen molar-refractivity contribution in [3.05, 3.63) is 58.2 Å². The van der Waals surface area contributed by atoms with E-state index >= 15 is 0 Å². The van der Waals surface area contributed by atoms with Gasteiger partial charge in [0.15, 0.2) is 5.58 Å². The fourth-order valence-electron chi connectivity index (χ4n) is 4.14. The molecule has 1 aliphatic rings. The number of fused-ring (bicyclic) bond motifs is 2. The molecule has 0 radical (unpaired) electrons. The highest BCUT2D eigenvalue weighted by Gasteiger charge is 2.18. The van der Waals surface area contributed by atoms with Gasteiger partial charge in [0.2, 0.25) is 0 Å². The van der Waals surface area contributed by atoms with E-state index in [9.17, 15) is 4.79 Å². The third kappa shape index (κ3) is 3.19. The summed E-state index contributed by atoms with van der Waals surface area (Å²) in [5.74, 6) is 0.506. The van der Waals surface area contributed by atoms with E-state index in [0.29, 0.717) is 28.5 Å². The lowest BCUT2D eigenvalue weighted by Crippen LogP contribution is -2.49. The molecule has 0 amide bonds. The number of aryl methyl sites for hydroxylation is 2. The minimum atomic E-state index is -0.398. The molecule has 0 bridgehead atoms. The third-order valence-electron chi connectivity index (χ3n) is 5.52. The van der Waals surface area contributed by atoms with E-state index in [1.165, 1.54) is 0 Å². The van der Waals surface area contributed by atoms with Crippen molar-refractivity contribution < 1.29 is 8.83 Å². The molecule has 148 valence electrons. The van der Waals surface area contributed by atoms with Crippen molar-refractivity contribution in [3.8, 4) is 11.3 Å². The standard InChI is InChI=1S/C23H23N3O3/c1-13-8-17-10-21(28-22(17)15(3)25-13)19-9-16-4-5-18(11-20(16)29-23(19)27)26-7-6-24-14(2)12-26/h4-5,8-11,14,24H,6-7,12H2,1-3H3/t14-/m0/s1. The van der Waals surface area contributed by atoms with Crippen LogP contribution in [0.25, 0.3) is 33.3 Å². The van der Waals surface area contributed by atoms with Crippen LogP contribution in [-0.4, -0.2) is 30.7 Å². The van der Waals surface area contributed by atoms with Crippen LogP contribution in [0.4, 0.5) is 5.69 Å². The van der Waals surface area contributed by atoms with Crippen molar-refractivity contribution in [2.24, 2.45) is 0 Å². The monoisotopic (exact) mass is 389 g/mol. The smallest absolute Gasteiger partial charge is 0.347 e. The van der Waals surface area contributed by atoms with Gasteiger partial charge in [-0.1, -0.05) is 0 Å². The Balaban J connectivity index is 1.58. The van der Waals surface area contributed by atoms with Gasteiger partial charge >= 0.3 is 5.63 Å². The minimum Gasteiger partial charge on any atom is -0.454 e. The van der Waals surface area contributed by atoms with Crippen LogP contribution in [0.2, 0.25) is 0 Å². The molecule has 3 aromatic heterocycles. The first-order valence-electron chi connectivity index (χ1n) is 9.92. The van der Waals surface area contributed by atoms with Crippen LogP contribution in [-0.2, 0) is 0 Å². The average molecular weight is 389 g/mol. The number of aromatic nitrogens is 1. The van der Waals surface area contributed by atoms with Crippen molar-refractivity contribution in [2.45, 2.75) is 26.8 Å². The molecule has 0 saturated carbocycles. The number of benzene rings is 1. The lowest BCUT2D eigenvalue weighted by molar-refractivity contribution is 0.484. The van der Waals surface area contributed by atoms with Gasteiger partial charge in [-0.05, 0) is 51.1 Å². The highest BCUT2D eigenvalue weighted by molar-refractivity contribution is 5.88. The summed E-state index contributed by atoms with van der Waals surface area (Å²) in [7, 11) is 0. The molecule has 1 aliphatic heterocycles. The Labute approximate surface area is 168 Å². The first kappa shape index (κ1) is 17.9. The Morgan fingerprint density at radius 1 is 1.10 bits per heavy atom. The topological polar surface area (TPSA) is 71.5 Å². The van der Waals surface area contributed by atoms with E-state index in [4.69, 9.17) is 8.83 Å². The fourth-order valence-corrected chi connectivity index (χ4v) is 4.14. The Bertz CT molecular complexity index is 1290. The van der Waals surface area contributed by atoms with Crippen molar-refractivity contribution in [1.82, 2.24) is 10.3 Å². The van der Waals surface area contributed by atoms with Crippen LogP contribution in [0, 0.1) is 13.8 Å². The SMILES string of the molecule is Cc1cc2cc(-c3cc4ccc(N5CCN[C@@H](C)C5)cc4oc3=O)oc2c(C)n1. The molecule has 4 heterocycles. The molecule has 1 saturated heterocycles. The number of furan rings is 1. The van der Waals surface area contributed by atoms with Crippen molar-refractivity contribution in [3.63, 3.8) is 0 Å². The second kappa shape index (κ2) is 6.74. The number of nitrogens with one attached hydrogen (secondary N) is 1. The number of hydrogen-bond donors (Lipinski definition) is 1. The zero-order valence-electron chi connectivity index (χ0n) is 16.8. The largest absolute Gasteiger partial charge is 0.454 e. The Morgan fingerprint density at radius 3 is 2.79 bits per heavy atom. The van der Waals surface area contributed by atoms with Gasteiger partial charge in [-0.15, -0.1) is 0 Å². The molecule has 1 fully saturated rings. The second-order valence-corrected chi connectivity index (χ2v) is 7.85. The number of hydrogen-bond acceptors (Lipinski definition) is 6. The Morgan fingerprint density at radius 2 is 1.97 bits per heavy atom. The molecule has 0 unspecified atom stereocenters. The molecule has 5 rings (SSSR count). The van der Waals surface area contributed by atoms with Crippen molar-refractivity contribution >= 4 is 27.6 Å². The molecule has 4 aromatic rings. The summed E-state index contributed by atoms with van der Waals surface area (Å²) < 4.78 is 11.6. The summed E-state index contributed by atoms with van der Waals surface area (Å²) in [4.78, 5) is 19.5. The molecule has 1 N–H and O–H groups in total. The fraction of sp³-hybridized carbons (Fsp3) is 0.304. The highest BCUT2D eigenvalue weighted by atomic mass is 16.4. The van der Waals surface area contributed by atoms with E-state index in [1.54, 1.807) is 0 Å². The van der Waals surface area contributed by atoms with Crippen LogP contribution in [0.3, 0.4) is 0 Å². The molecule has 29 heavy (non-hydrogen) atoms. The zero-order valence-corrected chi connectivity index (χ0v) is 16.8. The Kier molecular flexibility index (Phi) is 4.17. The summed E-state index contributed by atoms with van der Waals surface area (Å²) in [5, 5.41) is 5.25. The van der Waals surface area contributed by atoms with E-state index in [0.717, 1.165) is 47.5 Å². The predicted octanol–water partition coefficient (Wildman–Crippen LogP) is 4.02. The van der Waals surface area contributed by atoms with Crippen LogP contribution in [0.5, 0.6) is 0 Å². The lowest BCUT2D eigenvalue weighted by atomic mass is 10.1. The van der Waals surface area contributed by atoms with Gasteiger partial charge in [-0.25, -0.2) is 4.79 Å². The molecule has 0 aliphatic carbocycles. The number of pyridine rings is 1. The first-order valence-corrected chi connectivity index (χ1v) is 9.92. The van der Waals surface area contributed by atoms with Crippen molar-refractivity contribution in [2.75, 3.05) is 24.5 Å². The molecule has 6 nitrogen and oxygen atoms in total. The second-order valence-electron chi connectivity index (χ2n) is 7.85. The normalized spacial score (nSPS) is 17.3. The van der Waals surface area contributed by atoms with Crippen LogP contribution in [0.1, 0.15) is 18.3 Å². The maximum Gasteiger partial charge on any atom is 0.347 e. The van der Waals surface area contributed by atoms with Gasteiger partial charge in [0.05, 0.1) is 5.69 Å². The van der Waals surface area contributed by atoms with Gasteiger partial charge in [-0.3, -0.25) is 4.98 Å². The van der Waals surface area contributed by atoms with Gasteiger partial charge in [0.25, 0.3) is 0 Å². The number of anilines is 1. The molecular formula is C23H23N3O3. The molecule has 6 heteroatoms. The van der Waals surface area contributed by atoms with Crippen LogP contribution < -0.4 is 15.8 Å². The van der Waals surface area contributed by atoms with E-state index < -0.39 is 5.63 Å². The average Bonchev–Trinajstić information content (AvgIpc) is 3.11. The van der Waals surface area contributed by atoms with E-state index in [2.05, 4.69) is 28.2 Å². The summed E-state index contributed by atoms with van der Waals surface area (Å²) in [6, 6.07) is 12.2. The summed E-state index contributed by atoms with van der Waals surface area (Å²) in [5.41, 5.74) is 4.12. The molecule has 1 atom stereocenters. The van der Waals surface area contributed by atoms with E-state index in [-0.39, 0.29) is 0 Å². The molecular weight excluding hydrogens is 366 g/mol. The van der Waals surface area contributed by atoms with Gasteiger partial charge in [0, 0.05) is 53.9 Å². The van der Waals surface area contributed by atoms with Gasteiger partial charge < -0.3 is 19.1 Å². The summed E-state index contributed by atoms with van der Waals surface area (Å²) >= 11 is 0. The lowest BCUT2D eigenvalue weighted by Gasteiger charge is -2.33. The number of piperazine rings is 1. The predicted molar refractivity (Wildman–Crippen MR) is 115 cm³/mol. The summed E-state index contributed by atoms with van der Waals surface area (Å²) in [6.07, 6.45) is 0. The maximum absolute atomic E-state index is 12.7. The van der Waals surface area contributed by atoms with Crippen molar-refractivity contribution in [1.29, 1.82) is 0 Å². The minimum absolute atomic E-state index is 0.398. The quantitative estimate of drug-likeness (QED) is 0.522. The highest BCUT2D eigenvalue weighted by Crippen LogP contribution is 2.30. The van der Waals surface area contributed by atoms with Gasteiger partial charge in [-0.2, -0.15) is 0 Å². The number of nitrogens with zero attached hydrogens (tertiary/aromatic N) is 2. The van der Waals surface area contributed by atoms with Gasteiger partial charge in [0.1, 0.15) is 16.9 Å².